The van der Waals surface area contributed by atoms with Crippen molar-refractivity contribution in [3.63, 3.8) is 0 Å². The van der Waals surface area contributed by atoms with Crippen LogP contribution in [0.15, 0.2) is 29.5 Å². The quantitative estimate of drug-likeness (QED) is 0.439. The maximum Gasteiger partial charge on any atom is 0.237 e. The summed E-state index contributed by atoms with van der Waals surface area (Å²) in [6.07, 6.45) is 8.49. The van der Waals surface area contributed by atoms with Gasteiger partial charge in [0.2, 0.25) is 5.90 Å². The molecule has 2 aliphatic heterocycles. The third-order valence-corrected chi connectivity index (χ3v) is 5.76. The zero-order chi connectivity index (χ0) is 22.2. The number of aromatic nitrogens is 5. The molecule has 2 aromatic heterocycles. The monoisotopic (exact) mass is 430 g/mol. The maximum atomic E-state index is 5.99. The Bertz CT molecular complexity index is 1230. The van der Waals surface area contributed by atoms with Crippen LogP contribution in [0.2, 0.25) is 0 Å². The van der Waals surface area contributed by atoms with Crippen molar-refractivity contribution in [1.82, 2.24) is 24.3 Å². The molecule has 1 atom stereocenters. The van der Waals surface area contributed by atoms with Gasteiger partial charge in [-0.1, -0.05) is 19.8 Å². The van der Waals surface area contributed by atoms with Gasteiger partial charge in [-0.25, -0.2) is 9.98 Å². The Morgan fingerprint density at radius 3 is 2.97 bits per heavy atom. The number of hydrogen-bond acceptors (Lipinski definition) is 6. The molecule has 0 amide bonds. The molecule has 1 aromatic carbocycles. The standard InChI is InChI=1S/C24H26N6O2/c1-5-16-7-8-19-18(10-16)23-28-27-21(13-31-6-2)29(23)11-20-22(25-14-30(19)20)24-26-17(12-32-24)9-15(3)4/h1,7-8,10,14-15,17H,6,9,11-13H2,2-4H3/t17-/m1/s1. The van der Waals surface area contributed by atoms with E-state index < -0.39 is 0 Å². The number of nitrogens with zero attached hydrogens (tertiary/aromatic N) is 6. The van der Waals surface area contributed by atoms with Crippen LogP contribution in [0.25, 0.3) is 17.1 Å². The molecule has 0 spiro atoms. The van der Waals surface area contributed by atoms with Crippen LogP contribution < -0.4 is 0 Å². The maximum absolute atomic E-state index is 5.99. The van der Waals surface area contributed by atoms with Crippen LogP contribution in [0.1, 0.15) is 50.0 Å². The van der Waals surface area contributed by atoms with Crippen LogP contribution in [0, 0.1) is 18.3 Å². The minimum atomic E-state index is 0.164. The molecule has 0 N–H and O–H groups in total. The van der Waals surface area contributed by atoms with Gasteiger partial charge in [-0.05, 0) is 37.5 Å². The van der Waals surface area contributed by atoms with E-state index >= 15 is 0 Å². The summed E-state index contributed by atoms with van der Waals surface area (Å²) in [6.45, 7) is 8.46. The third kappa shape index (κ3) is 3.49. The second kappa shape index (κ2) is 8.24. The smallest absolute Gasteiger partial charge is 0.237 e. The van der Waals surface area contributed by atoms with E-state index in [1.807, 2.05) is 31.5 Å². The molecule has 5 rings (SSSR count). The summed E-state index contributed by atoms with van der Waals surface area (Å²) in [4.78, 5) is 9.54. The van der Waals surface area contributed by atoms with Gasteiger partial charge in [0, 0.05) is 17.7 Å². The van der Waals surface area contributed by atoms with Crippen LogP contribution >= 0.6 is 0 Å². The molecule has 0 bridgehead atoms. The number of hydrogen-bond donors (Lipinski definition) is 0. The predicted octanol–water partition coefficient (Wildman–Crippen LogP) is 3.20. The molecular weight excluding hydrogens is 404 g/mol. The molecule has 8 heteroatoms. The van der Waals surface area contributed by atoms with Gasteiger partial charge in [0.15, 0.2) is 11.6 Å². The van der Waals surface area contributed by atoms with E-state index in [1.54, 1.807) is 0 Å². The summed E-state index contributed by atoms with van der Waals surface area (Å²) in [7, 11) is 0. The normalized spacial score (nSPS) is 16.6. The number of benzene rings is 1. The van der Waals surface area contributed by atoms with Crippen molar-refractivity contribution >= 4 is 5.90 Å². The summed E-state index contributed by atoms with van der Waals surface area (Å²) in [5, 5.41) is 8.90. The lowest BCUT2D eigenvalue weighted by Gasteiger charge is -2.10. The van der Waals surface area contributed by atoms with Gasteiger partial charge >= 0.3 is 0 Å². The zero-order valence-corrected chi connectivity index (χ0v) is 18.6. The molecule has 8 nitrogen and oxygen atoms in total. The van der Waals surface area contributed by atoms with Crippen molar-refractivity contribution in [2.45, 2.75) is 46.4 Å². The lowest BCUT2D eigenvalue weighted by atomic mass is 10.1. The first kappa shape index (κ1) is 20.5. The van der Waals surface area contributed by atoms with Gasteiger partial charge in [0.05, 0.1) is 24.0 Å². The van der Waals surface area contributed by atoms with Crippen molar-refractivity contribution < 1.29 is 9.47 Å². The van der Waals surface area contributed by atoms with E-state index in [4.69, 9.17) is 25.9 Å². The highest BCUT2D eigenvalue weighted by molar-refractivity contribution is 5.95. The summed E-state index contributed by atoms with van der Waals surface area (Å²) < 4.78 is 15.8. The number of aliphatic imine (C=N–C) groups is 1. The predicted molar refractivity (Wildman–Crippen MR) is 121 cm³/mol. The zero-order valence-electron chi connectivity index (χ0n) is 18.6. The molecular formula is C24H26N6O2. The van der Waals surface area contributed by atoms with E-state index in [1.165, 1.54) is 0 Å². The summed E-state index contributed by atoms with van der Waals surface area (Å²) in [5.41, 5.74) is 4.37. The molecule has 0 fully saturated rings. The molecule has 0 saturated heterocycles. The fraction of sp³-hybridized carbons (Fsp3) is 0.417. The fourth-order valence-corrected chi connectivity index (χ4v) is 4.29. The van der Waals surface area contributed by atoms with E-state index in [9.17, 15) is 0 Å². The number of imidazole rings is 1. The summed E-state index contributed by atoms with van der Waals surface area (Å²) in [5.74, 6) is 5.40. The van der Waals surface area contributed by atoms with Crippen LogP contribution in [-0.2, 0) is 22.6 Å². The van der Waals surface area contributed by atoms with Gasteiger partial charge in [-0.2, -0.15) is 0 Å². The van der Waals surface area contributed by atoms with Crippen LogP contribution in [0.5, 0.6) is 0 Å². The van der Waals surface area contributed by atoms with E-state index in [0.29, 0.717) is 38.2 Å². The third-order valence-electron chi connectivity index (χ3n) is 5.76. The van der Waals surface area contributed by atoms with E-state index in [-0.39, 0.29) is 6.04 Å². The largest absolute Gasteiger partial charge is 0.474 e. The lowest BCUT2D eigenvalue weighted by molar-refractivity contribution is 0.125. The highest BCUT2D eigenvalue weighted by Crippen LogP contribution is 2.34. The van der Waals surface area contributed by atoms with Gasteiger partial charge < -0.3 is 14.0 Å². The summed E-state index contributed by atoms with van der Waals surface area (Å²) in [6, 6.07) is 6.07. The van der Waals surface area contributed by atoms with Gasteiger partial charge in [-0.3, -0.25) is 4.57 Å². The first-order chi connectivity index (χ1) is 15.6. The number of ether oxygens (including phenoxy) is 2. The van der Waals surface area contributed by atoms with Crippen LogP contribution in [0.3, 0.4) is 0 Å². The van der Waals surface area contributed by atoms with Crippen LogP contribution in [0.4, 0.5) is 0 Å². The second-order valence-electron chi connectivity index (χ2n) is 8.48. The first-order valence-electron chi connectivity index (χ1n) is 11.0. The van der Waals surface area contributed by atoms with Crippen molar-refractivity contribution in [2.24, 2.45) is 10.9 Å². The van der Waals surface area contributed by atoms with Crippen molar-refractivity contribution in [1.29, 1.82) is 0 Å². The SMILES string of the molecule is C#Cc1ccc2c(c1)-c1nnc(COCC)n1Cc1c(C3=N[C@H](CC(C)C)CO3)ncn1-2. The molecule has 3 aromatic rings. The van der Waals surface area contributed by atoms with Gasteiger partial charge in [0.25, 0.3) is 0 Å². The molecule has 32 heavy (non-hydrogen) atoms. The molecule has 4 heterocycles. The molecule has 0 radical (unpaired) electrons. The first-order valence-corrected chi connectivity index (χ1v) is 11.0. The molecule has 2 aliphatic rings. The average molecular weight is 431 g/mol. The Morgan fingerprint density at radius 2 is 2.19 bits per heavy atom. The Hall–Kier alpha value is -3.44. The number of fused-ring (bicyclic) bond motifs is 5. The summed E-state index contributed by atoms with van der Waals surface area (Å²) >= 11 is 0. The average Bonchev–Trinajstić information content (AvgIpc) is 3.49. The minimum Gasteiger partial charge on any atom is -0.474 e. The topological polar surface area (TPSA) is 79.3 Å². The molecule has 164 valence electrons. The lowest BCUT2D eigenvalue weighted by Crippen LogP contribution is -2.13. The van der Waals surface area contributed by atoms with Gasteiger partial charge in [-0.15, -0.1) is 16.6 Å². The highest BCUT2D eigenvalue weighted by atomic mass is 16.5. The van der Waals surface area contributed by atoms with Gasteiger partial charge in [0.1, 0.15) is 25.2 Å². The fourth-order valence-electron chi connectivity index (χ4n) is 4.29. The minimum absolute atomic E-state index is 0.164. The number of terminal acetylenes is 1. The second-order valence-corrected chi connectivity index (χ2v) is 8.48. The number of rotatable bonds is 6. The van der Waals surface area contributed by atoms with Crippen LogP contribution in [-0.4, -0.2) is 49.5 Å². The van der Waals surface area contributed by atoms with Crippen molar-refractivity contribution in [2.75, 3.05) is 13.2 Å². The van der Waals surface area contributed by atoms with Crippen molar-refractivity contribution in [3.05, 3.63) is 47.3 Å². The van der Waals surface area contributed by atoms with E-state index in [2.05, 4.69) is 39.1 Å². The molecule has 0 aliphatic carbocycles. The highest BCUT2D eigenvalue weighted by Gasteiger charge is 2.30. The Labute approximate surface area is 187 Å². The van der Waals surface area contributed by atoms with Crippen molar-refractivity contribution in [3.8, 4) is 29.4 Å². The molecule has 0 saturated carbocycles. The Morgan fingerprint density at radius 1 is 1.31 bits per heavy atom. The van der Waals surface area contributed by atoms with E-state index in [0.717, 1.165) is 46.3 Å². The molecule has 0 unspecified atom stereocenters. The Balaban J connectivity index is 1.64. The Kier molecular flexibility index (Phi) is 5.27.